The molecule has 3 heterocycles. The lowest BCUT2D eigenvalue weighted by molar-refractivity contribution is -0.154. The Morgan fingerprint density at radius 3 is 2.44 bits per heavy atom. The zero-order chi connectivity index (χ0) is 17.3. The maximum atomic E-state index is 13.6. The van der Waals surface area contributed by atoms with E-state index >= 15 is 0 Å². The van der Waals surface area contributed by atoms with Gasteiger partial charge in [0.1, 0.15) is 0 Å². The van der Waals surface area contributed by atoms with Crippen molar-refractivity contribution in [2.75, 3.05) is 19.6 Å². The quantitative estimate of drug-likeness (QED) is 0.844. The third-order valence-electron chi connectivity index (χ3n) is 6.09. The third kappa shape index (κ3) is 2.71. The van der Waals surface area contributed by atoms with E-state index in [1.165, 1.54) is 0 Å². The molecular weight excluding hydrogens is 316 g/mol. The fourth-order valence-electron chi connectivity index (χ4n) is 4.80. The van der Waals surface area contributed by atoms with Gasteiger partial charge in [0.15, 0.2) is 5.54 Å². The molecule has 6 heteroatoms. The van der Waals surface area contributed by atoms with E-state index in [0.29, 0.717) is 18.7 Å². The molecular formula is C19H26N4O2. The Bertz CT molecular complexity index is 638. The smallest absolute Gasteiger partial charge is 0.254 e. The van der Waals surface area contributed by atoms with Crippen LogP contribution in [0, 0.1) is 5.92 Å². The molecule has 1 saturated carbocycles. The van der Waals surface area contributed by atoms with E-state index < -0.39 is 5.54 Å². The molecule has 1 atom stereocenters. The van der Waals surface area contributed by atoms with Crippen molar-refractivity contribution in [1.29, 1.82) is 0 Å². The van der Waals surface area contributed by atoms with Gasteiger partial charge in [-0.05, 0) is 38.5 Å². The average Bonchev–Trinajstić information content (AvgIpc) is 3.43. The second-order valence-corrected chi connectivity index (χ2v) is 7.53. The van der Waals surface area contributed by atoms with Gasteiger partial charge in [-0.2, -0.15) is 0 Å². The van der Waals surface area contributed by atoms with Crippen LogP contribution in [0.15, 0.2) is 18.6 Å². The van der Waals surface area contributed by atoms with Crippen molar-refractivity contribution in [3.63, 3.8) is 0 Å². The Balaban J connectivity index is 1.73. The van der Waals surface area contributed by atoms with Gasteiger partial charge in [-0.15, -0.1) is 0 Å². The average molecular weight is 342 g/mol. The van der Waals surface area contributed by atoms with Gasteiger partial charge < -0.3 is 9.80 Å². The first-order chi connectivity index (χ1) is 12.2. The minimum atomic E-state index is -0.946. The van der Waals surface area contributed by atoms with Crippen molar-refractivity contribution < 1.29 is 9.59 Å². The first kappa shape index (κ1) is 16.5. The number of rotatable bonds is 3. The lowest BCUT2D eigenvalue weighted by atomic mass is 9.89. The van der Waals surface area contributed by atoms with E-state index in [9.17, 15) is 9.59 Å². The minimum absolute atomic E-state index is 0.0503. The second kappa shape index (κ2) is 6.73. The predicted octanol–water partition coefficient (Wildman–Crippen LogP) is 2.11. The van der Waals surface area contributed by atoms with E-state index in [4.69, 9.17) is 0 Å². The van der Waals surface area contributed by atoms with Crippen LogP contribution in [-0.4, -0.2) is 51.2 Å². The Kier molecular flexibility index (Phi) is 4.44. The van der Waals surface area contributed by atoms with Crippen molar-refractivity contribution in [3.8, 4) is 0 Å². The van der Waals surface area contributed by atoms with Crippen LogP contribution < -0.4 is 0 Å². The Morgan fingerprint density at radius 1 is 1.00 bits per heavy atom. The summed E-state index contributed by atoms with van der Waals surface area (Å²) in [6, 6.07) is 0. The number of hydrogen-bond donors (Lipinski definition) is 0. The van der Waals surface area contributed by atoms with Crippen molar-refractivity contribution in [3.05, 3.63) is 24.3 Å². The molecule has 2 aliphatic heterocycles. The number of nitrogens with zero attached hydrogens (tertiary/aromatic N) is 4. The van der Waals surface area contributed by atoms with Crippen molar-refractivity contribution in [2.24, 2.45) is 5.92 Å². The molecule has 134 valence electrons. The highest BCUT2D eigenvalue weighted by Crippen LogP contribution is 2.42. The summed E-state index contributed by atoms with van der Waals surface area (Å²) in [6.07, 6.45) is 12.6. The van der Waals surface area contributed by atoms with Crippen LogP contribution in [0.25, 0.3) is 0 Å². The van der Waals surface area contributed by atoms with Gasteiger partial charge in [-0.3, -0.25) is 19.6 Å². The van der Waals surface area contributed by atoms with Gasteiger partial charge >= 0.3 is 0 Å². The topological polar surface area (TPSA) is 66.4 Å². The summed E-state index contributed by atoms with van der Waals surface area (Å²) in [5, 5.41) is 0. The maximum absolute atomic E-state index is 13.6. The van der Waals surface area contributed by atoms with Crippen LogP contribution in [0.3, 0.4) is 0 Å². The maximum Gasteiger partial charge on any atom is 0.254 e. The van der Waals surface area contributed by atoms with Crippen LogP contribution in [0.5, 0.6) is 0 Å². The summed E-state index contributed by atoms with van der Waals surface area (Å²) in [5.74, 6) is 0.267. The summed E-state index contributed by atoms with van der Waals surface area (Å²) >= 11 is 0. The normalized spacial score (nSPS) is 27.2. The van der Waals surface area contributed by atoms with Crippen LogP contribution in [0.1, 0.15) is 57.1 Å². The molecule has 1 aliphatic carbocycles. The van der Waals surface area contributed by atoms with Crippen LogP contribution in [0.2, 0.25) is 0 Å². The molecule has 1 unspecified atom stereocenters. The molecule has 2 amide bonds. The first-order valence-corrected chi connectivity index (χ1v) is 9.61. The fraction of sp³-hybridized carbons (Fsp3) is 0.684. The monoisotopic (exact) mass is 342 g/mol. The van der Waals surface area contributed by atoms with Gasteiger partial charge in [0.2, 0.25) is 5.91 Å². The molecule has 0 spiro atoms. The highest BCUT2D eigenvalue weighted by atomic mass is 16.2. The predicted molar refractivity (Wildman–Crippen MR) is 92.4 cm³/mol. The number of hydrogen-bond acceptors (Lipinski definition) is 4. The summed E-state index contributed by atoms with van der Waals surface area (Å²) in [5.41, 5.74) is -0.311. The summed E-state index contributed by atoms with van der Waals surface area (Å²) in [4.78, 5) is 39.3. The zero-order valence-electron chi connectivity index (χ0n) is 14.7. The first-order valence-electron chi connectivity index (χ1n) is 9.61. The highest BCUT2D eigenvalue weighted by molar-refractivity contribution is 5.93. The van der Waals surface area contributed by atoms with Crippen molar-refractivity contribution in [1.82, 2.24) is 19.8 Å². The molecule has 0 radical (unpaired) electrons. The minimum Gasteiger partial charge on any atom is -0.340 e. The van der Waals surface area contributed by atoms with E-state index in [-0.39, 0.29) is 17.7 Å². The van der Waals surface area contributed by atoms with Gasteiger partial charge in [0, 0.05) is 37.9 Å². The van der Waals surface area contributed by atoms with Gasteiger partial charge in [-0.1, -0.05) is 12.8 Å². The number of likely N-dealkylation sites (tertiary alicyclic amines) is 2. The number of aromatic nitrogens is 2. The van der Waals surface area contributed by atoms with Crippen molar-refractivity contribution >= 4 is 11.8 Å². The lowest BCUT2D eigenvalue weighted by Crippen LogP contribution is -2.57. The SMILES string of the molecule is O=C(C1CCCC1)N1CCCC1(C(=O)N1CCCC1)c1cnccn1. The molecule has 0 bridgehead atoms. The molecule has 0 N–H and O–H groups in total. The molecule has 3 aliphatic rings. The molecule has 25 heavy (non-hydrogen) atoms. The summed E-state index contributed by atoms with van der Waals surface area (Å²) in [7, 11) is 0. The van der Waals surface area contributed by atoms with Crippen LogP contribution >= 0.6 is 0 Å². The molecule has 6 nitrogen and oxygen atoms in total. The largest absolute Gasteiger partial charge is 0.340 e. The Labute approximate surface area is 148 Å². The highest BCUT2D eigenvalue weighted by Gasteiger charge is 2.55. The molecule has 1 aromatic rings. The van der Waals surface area contributed by atoms with E-state index in [0.717, 1.165) is 58.0 Å². The molecule has 0 aromatic carbocycles. The second-order valence-electron chi connectivity index (χ2n) is 7.53. The lowest BCUT2D eigenvalue weighted by Gasteiger charge is -2.40. The third-order valence-corrected chi connectivity index (χ3v) is 6.09. The number of amides is 2. The number of carbonyl (C=O) groups is 2. The van der Waals surface area contributed by atoms with Crippen LogP contribution in [0.4, 0.5) is 0 Å². The Morgan fingerprint density at radius 2 is 1.76 bits per heavy atom. The zero-order valence-corrected chi connectivity index (χ0v) is 14.7. The van der Waals surface area contributed by atoms with Crippen molar-refractivity contribution in [2.45, 2.75) is 56.9 Å². The van der Waals surface area contributed by atoms with E-state index in [1.54, 1.807) is 18.6 Å². The standard InChI is InChI=1S/C19H26N4O2/c24-17(15-6-1-2-7-15)23-13-5-8-19(23,16-14-20-9-10-21-16)18(25)22-11-3-4-12-22/h9-10,14-15H,1-8,11-13H2. The summed E-state index contributed by atoms with van der Waals surface area (Å²) < 4.78 is 0. The van der Waals surface area contributed by atoms with Gasteiger partial charge in [0.05, 0.1) is 11.9 Å². The Hall–Kier alpha value is -1.98. The molecule has 2 saturated heterocycles. The van der Waals surface area contributed by atoms with Crippen LogP contribution in [-0.2, 0) is 15.1 Å². The molecule has 1 aromatic heterocycles. The van der Waals surface area contributed by atoms with E-state index in [1.807, 2.05) is 9.80 Å². The number of carbonyl (C=O) groups excluding carboxylic acids is 2. The van der Waals surface area contributed by atoms with Gasteiger partial charge in [-0.25, -0.2) is 0 Å². The molecule has 3 fully saturated rings. The molecule has 4 rings (SSSR count). The van der Waals surface area contributed by atoms with Gasteiger partial charge in [0.25, 0.3) is 5.91 Å². The fourth-order valence-corrected chi connectivity index (χ4v) is 4.80. The van der Waals surface area contributed by atoms with E-state index in [2.05, 4.69) is 9.97 Å². The summed E-state index contributed by atoms with van der Waals surface area (Å²) in [6.45, 7) is 2.21.